The number of carbonyl (C=O) groups is 1. The molecule has 22 heavy (non-hydrogen) atoms. The highest BCUT2D eigenvalue weighted by atomic mass is 35.5. The van der Waals surface area contributed by atoms with Gasteiger partial charge in [-0.05, 0) is 43.3 Å². The molecular weight excluding hydrogens is 326 g/mol. The van der Waals surface area contributed by atoms with Crippen molar-refractivity contribution in [3.05, 3.63) is 53.4 Å². The molecule has 1 N–H and O–H groups in total. The van der Waals surface area contributed by atoms with Gasteiger partial charge in [-0.1, -0.05) is 11.6 Å². The smallest absolute Gasteiger partial charge is 0.235 e. The number of furan rings is 1. The van der Waals surface area contributed by atoms with Crippen molar-refractivity contribution in [1.29, 1.82) is 0 Å². The molecular formula is C15H16ClNO4S. The number of amides is 1. The number of benzene rings is 1. The largest absolute Gasteiger partial charge is 0.469 e. The maximum absolute atomic E-state index is 12.1. The second-order valence-corrected chi connectivity index (χ2v) is 7.39. The predicted molar refractivity (Wildman–Crippen MR) is 83.5 cm³/mol. The van der Waals surface area contributed by atoms with Gasteiger partial charge in [0.2, 0.25) is 5.91 Å². The van der Waals surface area contributed by atoms with Crippen LogP contribution in [0, 0.1) is 0 Å². The van der Waals surface area contributed by atoms with Crippen LogP contribution in [-0.4, -0.2) is 26.1 Å². The van der Waals surface area contributed by atoms with E-state index in [2.05, 4.69) is 5.32 Å². The molecule has 0 aliphatic rings. The summed E-state index contributed by atoms with van der Waals surface area (Å²) in [5.74, 6) is -0.417. The molecule has 0 aliphatic heterocycles. The lowest BCUT2D eigenvalue weighted by Crippen LogP contribution is -2.37. The third-order valence-electron chi connectivity index (χ3n) is 2.99. The predicted octanol–water partition coefficient (Wildman–Crippen LogP) is 2.45. The van der Waals surface area contributed by atoms with Crippen LogP contribution in [0.3, 0.4) is 0 Å². The molecule has 0 radical (unpaired) electrons. The van der Waals surface area contributed by atoms with E-state index in [1.807, 2.05) is 0 Å². The molecule has 1 aromatic heterocycles. The Morgan fingerprint density at radius 2 is 1.95 bits per heavy atom. The average Bonchev–Trinajstić information content (AvgIpc) is 2.90. The van der Waals surface area contributed by atoms with Crippen molar-refractivity contribution < 1.29 is 17.6 Å². The zero-order chi connectivity index (χ0) is 16.2. The number of nitrogens with one attached hydrogen (secondary N) is 1. The first-order valence-electron chi connectivity index (χ1n) is 6.67. The molecule has 2 aromatic rings. The van der Waals surface area contributed by atoms with E-state index >= 15 is 0 Å². The van der Waals surface area contributed by atoms with Gasteiger partial charge in [0.25, 0.3) is 0 Å². The zero-order valence-electron chi connectivity index (χ0n) is 12.0. The van der Waals surface area contributed by atoms with Crippen molar-refractivity contribution in [3.8, 4) is 0 Å². The third kappa shape index (κ3) is 4.61. The van der Waals surface area contributed by atoms with Gasteiger partial charge in [0.15, 0.2) is 9.84 Å². The first-order chi connectivity index (χ1) is 10.4. The molecule has 7 heteroatoms. The topological polar surface area (TPSA) is 76.4 Å². The Kier molecular flexibility index (Phi) is 5.26. The van der Waals surface area contributed by atoms with Gasteiger partial charge in [0, 0.05) is 17.5 Å². The van der Waals surface area contributed by atoms with Gasteiger partial charge >= 0.3 is 0 Å². The van der Waals surface area contributed by atoms with Crippen molar-refractivity contribution in [1.82, 2.24) is 5.32 Å². The molecule has 1 atom stereocenters. The van der Waals surface area contributed by atoms with E-state index in [1.54, 1.807) is 25.3 Å². The molecule has 1 amide bonds. The molecule has 0 saturated carbocycles. The molecule has 0 bridgehead atoms. The van der Waals surface area contributed by atoms with E-state index in [4.69, 9.17) is 16.0 Å². The summed E-state index contributed by atoms with van der Waals surface area (Å²) in [4.78, 5) is 12.0. The van der Waals surface area contributed by atoms with Crippen LogP contribution >= 0.6 is 11.6 Å². The summed E-state index contributed by atoms with van der Waals surface area (Å²) in [6.07, 6.45) is 2.05. The molecule has 0 fully saturated rings. The second-order valence-electron chi connectivity index (χ2n) is 4.97. The van der Waals surface area contributed by atoms with Gasteiger partial charge in [-0.25, -0.2) is 8.42 Å². The van der Waals surface area contributed by atoms with Crippen molar-refractivity contribution in [3.63, 3.8) is 0 Å². The maximum Gasteiger partial charge on any atom is 0.235 e. The molecule has 0 spiro atoms. The van der Waals surface area contributed by atoms with Gasteiger partial charge in [-0.15, -0.1) is 0 Å². The minimum Gasteiger partial charge on any atom is -0.469 e. The van der Waals surface area contributed by atoms with Gasteiger partial charge in [-0.3, -0.25) is 4.79 Å². The minimum atomic E-state index is -3.68. The monoisotopic (exact) mass is 341 g/mol. The number of hydrogen-bond acceptors (Lipinski definition) is 4. The van der Waals surface area contributed by atoms with E-state index in [-0.39, 0.29) is 10.9 Å². The SMILES string of the molecule is C[C@H](Cc1ccco1)NC(=O)CS(=O)(=O)c1ccc(Cl)cc1. The summed E-state index contributed by atoms with van der Waals surface area (Å²) in [5, 5.41) is 3.09. The standard InChI is InChI=1S/C15H16ClNO4S/c1-11(9-13-3-2-8-21-13)17-15(18)10-22(19,20)14-6-4-12(16)5-7-14/h2-8,11H,9-10H2,1H3,(H,17,18)/t11-/m1/s1. The van der Waals surface area contributed by atoms with Crippen LogP contribution in [0.5, 0.6) is 0 Å². The summed E-state index contributed by atoms with van der Waals surface area (Å²) >= 11 is 5.72. The van der Waals surface area contributed by atoms with E-state index < -0.39 is 21.5 Å². The van der Waals surface area contributed by atoms with Gasteiger partial charge in [0.05, 0.1) is 11.2 Å². The lowest BCUT2D eigenvalue weighted by atomic mass is 10.2. The maximum atomic E-state index is 12.1. The fourth-order valence-corrected chi connectivity index (χ4v) is 3.27. The fraction of sp³-hybridized carbons (Fsp3) is 0.267. The van der Waals surface area contributed by atoms with Gasteiger partial charge < -0.3 is 9.73 Å². The Morgan fingerprint density at radius 3 is 2.55 bits per heavy atom. The highest BCUT2D eigenvalue weighted by Gasteiger charge is 2.20. The summed E-state index contributed by atoms with van der Waals surface area (Å²) in [7, 11) is -3.68. The minimum absolute atomic E-state index is 0.0748. The molecule has 5 nitrogen and oxygen atoms in total. The first-order valence-corrected chi connectivity index (χ1v) is 8.70. The molecule has 118 valence electrons. The lowest BCUT2D eigenvalue weighted by Gasteiger charge is -2.12. The summed E-state index contributed by atoms with van der Waals surface area (Å²) < 4.78 is 29.4. The number of sulfone groups is 1. The average molecular weight is 342 g/mol. The van der Waals surface area contributed by atoms with Crippen LogP contribution < -0.4 is 5.32 Å². The zero-order valence-corrected chi connectivity index (χ0v) is 13.5. The van der Waals surface area contributed by atoms with Crippen LogP contribution in [0.15, 0.2) is 52.0 Å². The van der Waals surface area contributed by atoms with Crippen molar-refractivity contribution in [2.45, 2.75) is 24.3 Å². The normalized spacial score (nSPS) is 12.8. The number of halogens is 1. The lowest BCUT2D eigenvalue weighted by molar-refractivity contribution is -0.119. The van der Waals surface area contributed by atoms with Crippen LogP contribution in [0.2, 0.25) is 5.02 Å². The Hall–Kier alpha value is -1.79. The highest BCUT2D eigenvalue weighted by molar-refractivity contribution is 7.92. The number of rotatable bonds is 6. The van der Waals surface area contributed by atoms with Crippen LogP contribution in [0.4, 0.5) is 0 Å². The summed E-state index contributed by atoms with van der Waals surface area (Å²) in [6, 6.07) is 9.06. The van der Waals surface area contributed by atoms with E-state index in [1.165, 1.54) is 24.3 Å². The van der Waals surface area contributed by atoms with Crippen LogP contribution in [0.1, 0.15) is 12.7 Å². The molecule has 1 aromatic carbocycles. The van der Waals surface area contributed by atoms with E-state index in [9.17, 15) is 13.2 Å². The highest BCUT2D eigenvalue weighted by Crippen LogP contribution is 2.15. The fourth-order valence-electron chi connectivity index (χ4n) is 2.00. The Balaban J connectivity index is 1.94. The molecule has 0 saturated heterocycles. The van der Waals surface area contributed by atoms with E-state index in [0.717, 1.165) is 5.76 Å². The molecule has 1 heterocycles. The molecule has 2 rings (SSSR count). The Bertz CT molecular complexity index is 723. The Morgan fingerprint density at radius 1 is 1.27 bits per heavy atom. The number of hydrogen-bond donors (Lipinski definition) is 1. The van der Waals surface area contributed by atoms with Gasteiger partial charge in [-0.2, -0.15) is 0 Å². The first kappa shape index (κ1) is 16.6. The summed E-state index contributed by atoms with van der Waals surface area (Å²) in [6.45, 7) is 1.79. The molecule has 0 unspecified atom stereocenters. The van der Waals surface area contributed by atoms with Crippen molar-refractivity contribution in [2.24, 2.45) is 0 Å². The van der Waals surface area contributed by atoms with Crippen molar-refractivity contribution in [2.75, 3.05) is 5.75 Å². The summed E-state index contributed by atoms with van der Waals surface area (Å²) in [5.41, 5.74) is 0. The van der Waals surface area contributed by atoms with E-state index in [0.29, 0.717) is 11.4 Å². The Labute approximate surface area is 134 Å². The van der Waals surface area contributed by atoms with Crippen LogP contribution in [-0.2, 0) is 21.1 Å². The quantitative estimate of drug-likeness (QED) is 0.875. The van der Waals surface area contributed by atoms with Crippen LogP contribution in [0.25, 0.3) is 0 Å². The second kappa shape index (κ2) is 6.98. The van der Waals surface area contributed by atoms with Gasteiger partial charge in [0.1, 0.15) is 11.5 Å². The third-order valence-corrected chi connectivity index (χ3v) is 4.87. The van der Waals surface area contributed by atoms with Crippen molar-refractivity contribution >= 4 is 27.3 Å². The molecule has 0 aliphatic carbocycles. The number of carbonyl (C=O) groups excluding carboxylic acids is 1.